The van der Waals surface area contributed by atoms with Crippen LogP contribution in [0, 0.1) is 6.92 Å². The van der Waals surface area contributed by atoms with E-state index in [9.17, 15) is 0 Å². The highest BCUT2D eigenvalue weighted by Crippen LogP contribution is 2.39. The summed E-state index contributed by atoms with van der Waals surface area (Å²) in [5, 5.41) is 4.65. The Morgan fingerprint density at radius 1 is 0.558 bits per heavy atom. The molecule has 8 rings (SSSR count). The Hall–Kier alpha value is -5.54. The zero-order valence-electron chi connectivity index (χ0n) is 24.1. The van der Waals surface area contributed by atoms with E-state index in [4.69, 9.17) is 9.40 Å². The summed E-state index contributed by atoms with van der Waals surface area (Å²) in [5.41, 5.74) is 11.5. The van der Waals surface area contributed by atoms with Gasteiger partial charge < -0.3 is 4.42 Å². The molecule has 0 saturated heterocycles. The number of pyridine rings is 2. The zero-order chi connectivity index (χ0) is 28.9. The van der Waals surface area contributed by atoms with Crippen LogP contribution in [0.4, 0.5) is 0 Å². The van der Waals surface area contributed by atoms with Crippen LogP contribution in [-0.2, 0) is 7.05 Å². The van der Waals surface area contributed by atoms with Crippen molar-refractivity contribution >= 4 is 32.7 Å². The maximum absolute atomic E-state index is 6.74. The van der Waals surface area contributed by atoms with Crippen molar-refractivity contribution < 1.29 is 8.98 Å². The summed E-state index contributed by atoms with van der Waals surface area (Å²) in [6.07, 6.45) is 2.19. The van der Waals surface area contributed by atoms with Crippen molar-refractivity contribution in [3.05, 3.63) is 145 Å². The molecule has 5 aromatic carbocycles. The van der Waals surface area contributed by atoms with E-state index in [1.54, 1.807) is 0 Å². The zero-order valence-corrected chi connectivity index (χ0v) is 24.1. The molecule has 0 saturated carbocycles. The first-order valence-corrected chi connectivity index (χ1v) is 14.6. The van der Waals surface area contributed by atoms with E-state index in [1.807, 2.05) is 12.1 Å². The second-order valence-corrected chi connectivity index (χ2v) is 11.2. The molecule has 3 heterocycles. The fourth-order valence-electron chi connectivity index (χ4n) is 6.18. The highest BCUT2D eigenvalue weighted by molar-refractivity contribution is 6.10. The smallest absolute Gasteiger partial charge is 0.216 e. The molecular formula is C40H29N2O+. The van der Waals surface area contributed by atoms with Gasteiger partial charge in [-0.3, -0.25) is 0 Å². The van der Waals surface area contributed by atoms with Gasteiger partial charge in [0, 0.05) is 33.4 Å². The van der Waals surface area contributed by atoms with Crippen LogP contribution < -0.4 is 4.57 Å². The van der Waals surface area contributed by atoms with Crippen molar-refractivity contribution in [2.24, 2.45) is 7.05 Å². The van der Waals surface area contributed by atoms with Gasteiger partial charge in [0.25, 0.3) is 0 Å². The number of rotatable bonds is 4. The van der Waals surface area contributed by atoms with Gasteiger partial charge in [0.2, 0.25) is 5.69 Å². The third-order valence-electron chi connectivity index (χ3n) is 8.40. The molecule has 0 amide bonds. The molecule has 43 heavy (non-hydrogen) atoms. The molecule has 0 spiro atoms. The monoisotopic (exact) mass is 553 g/mol. The molecular weight excluding hydrogens is 524 g/mol. The lowest BCUT2D eigenvalue weighted by molar-refractivity contribution is -0.659. The van der Waals surface area contributed by atoms with Crippen LogP contribution in [0.25, 0.3) is 77.6 Å². The first-order valence-electron chi connectivity index (χ1n) is 14.6. The van der Waals surface area contributed by atoms with Crippen LogP contribution in [0.2, 0.25) is 0 Å². The lowest BCUT2D eigenvalue weighted by Crippen LogP contribution is -2.30. The minimum Gasteiger partial charge on any atom is -0.455 e. The van der Waals surface area contributed by atoms with Crippen molar-refractivity contribution in [2.45, 2.75) is 6.92 Å². The van der Waals surface area contributed by atoms with Gasteiger partial charge >= 0.3 is 0 Å². The molecule has 0 bridgehead atoms. The Bertz CT molecular complexity index is 2240. The molecule has 0 fully saturated rings. The molecule has 0 radical (unpaired) electrons. The van der Waals surface area contributed by atoms with E-state index in [1.165, 1.54) is 16.3 Å². The lowest BCUT2D eigenvalue weighted by Gasteiger charge is -2.10. The molecule has 0 N–H and O–H groups in total. The summed E-state index contributed by atoms with van der Waals surface area (Å²) >= 11 is 0. The fourth-order valence-corrected chi connectivity index (χ4v) is 6.18. The van der Waals surface area contributed by atoms with E-state index in [0.717, 1.165) is 66.8 Å². The van der Waals surface area contributed by atoms with Crippen molar-refractivity contribution in [3.63, 3.8) is 0 Å². The standard InChI is InChI=1S/C40H29N2O/c1-26-17-19-34-33-20-18-30(24-38(33)43-40(34)39(26)37-23-29-15-9-10-16-31(29)25-42(37)2)36-22-32(27-11-5-3-6-12-27)21-35(41-36)28-13-7-4-8-14-28/h3-25H,1-2H3/q+1. The fraction of sp³-hybridized carbons (Fsp3) is 0.0500. The minimum absolute atomic E-state index is 0.857. The molecule has 0 aliphatic heterocycles. The molecule has 204 valence electrons. The van der Waals surface area contributed by atoms with E-state index in [0.29, 0.717) is 0 Å². The lowest BCUT2D eigenvalue weighted by atomic mass is 9.98. The van der Waals surface area contributed by atoms with Gasteiger partial charge in [0.05, 0.1) is 17.0 Å². The van der Waals surface area contributed by atoms with E-state index >= 15 is 0 Å². The maximum Gasteiger partial charge on any atom is 0.216 e. The molecule has 3 aromatic heterocycles. The number of hydrogen-bond acceptors (Lipinski definition) is 2. The van der Waals surface area contributed by atoms with Gasteiger partial charge in [-0.1, -0.05) is 97.1 Å². The second kappa shape index (κ2) is 10.1. The summed E-state index contributed by atoms with van der Waals surface area (Å²) in [6, 6.07) is 46.8. The van der Waals surface area contributed by atoms with E-state index in [2.05, 4.69) is 146 Å². The average molecular weight is 554 g/mol. The molecule has 0 atom stereocenters. The number of furan rings is 1. The SMILES string of the molecule is Cc1ccc2c(oc3cc(-c4cc(-c5ccccc5)cc(-c5ccccc5)n4)ccc32)c1-c1cc2ccccc2c[n+]1C. The van der Waals surface area contributed by atoms with Gasteiger partial charge in [0.15, 0.2) is 6.20 Å². The van der Waals surface area contributed by atoms with Gasteiger partial charge in [0.1, 0.15) is 18.2 Å². The van der Waals surface area contributed by atoms with Gasteiger partial charge in [-0.25, -0.2) is 9.55 Å². The number of aromatic nitrogens is 2. The topological polar surface area (TPSA) is 29.9 Å². The molecule has 0 unspecified atom stereocenters. The predicted molar refractivity (Wildman–Crippen MR) is 177 cm³/mol. The Balaban J connectivity index is 1.32. The first-order chi connectivity index (χ1) is 21.1. The van der Waals surface area contributed by atoms with Crippen LogP contribution in [-0.4, -0.2) is 4.98 Å². The summed E-state index contributed by atoms with van der Waals surface area (Å²) in [4.78, 5) is 5.13. The molecule has 3 heteroatoms. The summed E-state index contributed by atoms with van der Waals surface area (Å²) in [5.74, 6) is 0. The Morgan fingerprint density at radius 2 is 1.21 bits per heavy atom. The summed E-state index contributed by atoms with van der Waals surface area (Å²) < 4.78 is 8.94. The Morgan fingerprint density at radius 3 is 1.98 bits per heavy atom. The number of hydrogen-bond donors (Lipinski definition) is 0. The molecule has 8 aromatic rings. The van der Waals surface area contributed by atoms with E-state index < -0.39 is 0 Å². The maximum atomic E-state index is 6.74. The van der Waals surface area contributed by atoms with Crippen LogP contribution >= 0.6 is 0 Å². The third kappa shape index (κ3) is 4.38. The normalized spacial score (nSPS) is 11.5. The first kappa shape index (κ1) is 25.2. The number of aryl methyl sites for hydroxylation is 2. The van der Waals surface area contributed by atoms with Crippen LogP contribution in [0.5, 0.6) is 0 Å². The highest BCUT2D eigenvalue weighted by Gasteiger charge is 2.22. The van der Waals surface area contributed by atoms with Crippen molar-refractivity contribution in [1.29, 1.82) is 0 Å². The summed E-state index contributed by atoms with van der Waals surface area (Å²) in [6.45, 7) is 2.16. The van der Waals surface area contributed by atoms with Crippen molar-refractivity contribution in [3.8, 4) is 44.9 Å². The molecule has 0 aliphatic rings. The number of benzene rings is 5. The number of fused-ring (bicyclic) bond motifs is 4. The van der Waals surface area contributed by atoms with Crippen LogP contribution in [0.3, 0.4) is 0 Å². The number of nitrogens with zero attached hydrogens (tertiary/aromatic N) is 2. The van der Waals surface area contributed by atoms with E-state index in [-0.39, 0.29) is 0 Å². The molecule has 0 aliphatic carbocycles. The van der Waals surface area contributed by atoms with Crippen molar-refractivity contribution in [2.75, 3.05) is 0 Å². The summed E-state index contributed by atoms with van der Waals surface area (Å²) in [7, 11) is 2.11. The van der Waals surface area contributed by atoms with Crippen LogP contribution in [0.1, 0.15) is 5.56 Å². The largest absolute Gasteiger partial charge is 0.455 e. The van der Waals surface area contributed by atoms with Gasteiger partial charge in [-0.15, -0.1) is 0 Å². The average Bonchev–Trinajstić information content (AvgIpc) is 3.43. The van der Waals surface area contributed by atoms with Gasteiger partial charge in [-0.2, -0.15) is 0 Å². The highest BCUT2D eigenvalue weighted by atomic mass is 16.3. The molecule has 3 nitrogen and oxygen atoms in total. The minimum atomic E-state index is 0.857. The Kier molecular flexibility index (Phi) is 5.90. The van der Waals surface area contributed by atoms with Crippen molar-refractivity contribution in [1.82, 2.24) is 4.98 Å². The Labute approximate surface area is 250 Å². The van der Waals surface area contributed by atoms with Crippen LogP contribution in [0.15, 0.2) is 144 Å². The van der Waals surface area contributed by atoms with Gasteiger partial charge in [-0.05, 0) is 59.3 Å². The predicted octanol–water partition coefficient (Wildman–Crippen LogP) is 9.94. The quantitative estimate of drug-likeness (QED) is 0.203. The third-order valence-corrected chi connectivity index (χ3v) is 8.40. The second-order valence-electron chi connectivity index (χ2n) is 11.2.